The predicted octanol–water partition coefficient (Wildman–Crippen LogP) is 2.22. The van der Waals surface area contributed by atoms with Crippen LogP contribution in [-0.4, -0.2) is 0 Å². The van der Waals surface area contributed by atoms with E-state index in [1.165, 1.54) is 0 Å². The molecule has 0 nitrogen and oxygen atoms in total. The van der Waals surface area contributed by atoms with Crippen molar-refractivity contribution in [2.45, 2.75) is 0 Å². The Morgan fingerprint density at radius 1 is 0.333 bits per heavy atom. The first kappa shape index (κ1) is 8.48. The van der Waals surface area contributed by atoms with Gasteiger partial charge in [-0.3, -0.25) is 0 Å². The van der Waals surface area contributed by atoms with Gasteiger partial charge in [-0.2, -0.15) is 0 Å². The Hall–Kier alpha value is -0.521. The van der Waals surface area contributed by atoms with Crippen LogP contribution >= 0.6 is 0 Å². The van der Waals surface area contributed by atoms with Crippen molar-refractivity contribution in [3.8, 4) is 0 Å². The molecule has 0 heterocycles. The van der Waals surface area contributed by atoms with E-state index >= 15 is 0 Å². The van der Waals surface area contributed by atoms with Gasteiger partial charge >= 0.3 is 0 Å². The van der Waals surface area contributed by atoms with Crippen molar-refractivity contribution in [1.82, 2.24) is 0 Å². The van der Waals surface area contributed by atoms with Gasteiger partial charge in [0.2, 0.25) is 0 Å². The number of allylic oxidation sites excluding steroid dienone is 8. The van der Waals surface area contributed by atoms with Crippen LogP contribution < -0.4 is 0 Å². The van der Waals surface area contributed by atoms with Crippen LogP contribution in [0, 0.1) is 0 Å². The maximum Gasteiger partial charge on any atom is 0 e. The molecule has 0 atom stereocenters. The third-order valence-corrected chi connectivity index (χ3v) is 0.889. The van der Waals surface area contributed by atoms with E-state index in [1.54, 1.807) is 0 Å². The van der Waals surface area contributed by atoms with Gasteiger partial charge in [0.05, 0.1) is 0 Å². The monoisotopic (exact) mass is 160 g/mol. The van der Waals surface area contributed by atoms with E-state index in [0.29, 0.717) is 0 Å². The third-order valence-electron chi connectivity index (χ3n) is 0.889. The van der Waals surface area contributed by atoms with Gasteiger partial charge in [-0.15, -0.1) is 0 Å². The molecule has 0 bridgehead atoms. The van der Waals surface area contributed by atoms with Gasteiger partial charge in [-0.25, -0.2) is 0 Å². The van der Waals surface area contributed by atoms with E-state index in [1.807, 2.05) is 48.6 Å². The van der Waals surface area contributed by atoms with Crippen molar-refractivity contribution in [1.29, 1.82) is 0 Å². The smallest absolute Gasteiger partial charge is 0 e. The Labute approximate surface area is 66.1 Å². The molecule has 48 valence electrons. The van der Waals surface area contributed by atoms with Gasteiger partial charge in [-0.1, -0.05) is 48.6 Å². The minimum Gasteiger partial charge on any atom is -0.0623 e. The SMILES string of the molecule is C1=C/C=C\C=C/C=C1.[Fe]. The molecule has 0 amide bonds. The van der Waals surface area contributed by atoms with Crippen LogP contribution in [0.3, 0.4) is 0 Å². The fraction of sp³-hybridized carbons (Fsp3) is 0. The first-order chi connectivity index (χ1) is 4.00. The van der Waals surface area contributed by atoms with Gasteiger partial charge in [-0.05, 0) is 0 Å². The molecular weight excluding hydrogens is 152 g/mol. The summed E-state index contributed by atoms with van der Waals surface area (Å²) in [4.78, 5) is 0. The molecule has 1 aliphatic rings. The second-order valence-electron chi connectivity index (χ2n) is 1.54. The van der Waals surface area contributed by atoms with Crippen molar-refractivity contribution < 1.29 is 17.1 Å². The molecule has 9 heavy (non-hydrogen) atoms. The Morgan fingerprint density at radius 2 is 0.444 bits per heavy atom. The molecule has 0 saturated heterocycles. The van der Waals surface area contributed by atoms with Crippen LogP contribution in [0.25, 0.3) is 0 Å². The molecule has 1 rings (SSSR count). The zero-order valence-corrected chi connectivity index (χ0v) is 6.08. The molecule has 0 saturated carbocycles. The number of hydrogen-bond donors (Lipinski definition) is 0. The minimum absolute atomic E-state index is 0. The Kier molecular flexibility index (Phi) is 5.29. The second-order valence-corrected chi connectivity index (χ2v) is 1.54. The normalized spacial score (nSPS) is 21.3. The maximum atomic E-state index is 2.00. The molecule has 0 aromatic heterocycles. The van der Waals surface area contributed by atoms with Crippen LogP contribution in [0.15, 0.2) is 48.6 Å². The summed E-state index contributed by atoms with van der Waals surface area (Å²) in [6.45, 7) is 0. The number of rotatable bonds is 0. The zero-order chi connectivity index (χ0) is 5.66. The first-order valence-corrected chi connectivity index (χ1v) is 2.67. The zero-order valence-electron chi connectivity index (χ0n) is 4.97. The topological polar surface area (TPSA) is 0 Å². The summed E-state index contributed by atoms with van der Waals surface area (Å²) in [6.07, 6.45) is 16.0. The van der Waals surface area contributed by atoms with Crippen molar-refractivity contribution in [2.24, 2.45) is 0 Å². The summed E-state index contributed by atoms with van der Waals surface area (Å²) < 4.78 is 0. The molecule has 0 aliphatic heterocycles. The average Bonchev–Trinajstić information content (AvgIpc) is 1.62. The quantitative estimate of drug-likeness (QED) is 0.476. The average molecular weight is 160 g/mol. The third kappa shape index (κ3) is 4.01. The first-order valence-electron chi connectivity index (χ1n) is 2.67. The summed E-state index contributed by atoms with van der Waals surface area (Å²) in [7, 11) is 0. The van der Waals surface area contributed by atoms with E-state index in [9.17, 15) is 0 Å². The van der Waals surface area contributed by atoms with E-state index in [4.69, 9.17) is 0 Å². The summed E-state index contributed by atoms with van der Waals surface area (Å²) in [5, 5.41) is 0. The van der Waals surface area contributed by atoms with Crippen molar-refractivity contribution in [3.05, 3.63) is 48.6 Å². The van der Waals surface area contributed by atoms with Gasteiger partial charge in [0.25, 0.3) is 0 Å². The van der Waals surface area contributed by atoms with E-state index < -0.39 is 0 Å². The summed E-state index contributed by atoms with van der Waals surface area (Å²) in [5.41, 5.74) is 0. The van der Waals surface area contributed by atoms with Crippen molar-refractivity contribution in [3.63, 3.8) is 0 Å². The fourth-order valence-electron chi connectivity index (χ4n) is 0.513. The summed E-state index contributed by atoms with van der Waals surface area (Å²) in [6, 6.07) is 0. The molecule has 0 radical (unpaired) electrons. The van der Waals surface area contributed by atoms with Crippen LogP contribution in [-0.2, 0) is 17.1 Å². The van der Waals surface area contributed by atoms with Crippen molar-refractivity contribution in [2.75, 3.05) is 0 Å². The molecule has 1 aliphatic carbocycles. The maximum absolute atomic E-state index is 2.00. The van der Waals surface area contributed by atoms with Crippen LogP contribution in [0.1, 0.15) is 0 Å². The Bertz CT molecular complexity index is 105. The van der Waals surface area contributed by atoms with Crippen LogP contribution in [0.2, 0.25) is 0 Å². The van der Waals surface area contributed by atoms with Crippen molar-refractivity contribution >= 4 is 0 Å². The summed E-state index contributed by atoms with van der Waals surface area (Å²) in [5.74, 6) is 0. The fourth-order valence-corrected chi connectivity index (χ4v) is 0.513. The standard InChI is InChI=1S/C8H8.Fe/c1-2-4-6-8-7-5-3-1;/h1-8H;/b2-1-,3-1?,4-2?,5-3-,6-4?,7-5?,8-6?,8-7?;. The molecule has 0 N–H and O–H groups in total. The van der Waals surface area contributed by atoms with Gasteiger partial charge in [0.1, 0.15) is 0 Å². The predicted molar refractivity (Wildman–Crippen MR) is 36.6 cm³/mol. The molecule has 0 fully saturated rings. The van der Waals surface area contributed by atoms with E-state index in [2.05, 4.69) is 0 Å². The molecule has 1 heteroatoms. The minimum atomic E-state index is 0. The molecule has 0 aromatic carbocycles. The van der Waals surface area contributed by atoms with E-state index in [-0.39, 0.29) is 17.1 Å². The van der Waals surface area contributed by atoms with Gasteiger partial charge in [0, 0.05) is 17.1 Å². The molecule has 0 unspecified atom stereocenters. The summed E-state index contributed by atoms with van der Waals surface area (Å²) >= 11 is 0. The van der Waals surface area contributed by atoms with Gasteiger partial charge < -0.3 is 0 Å². The Morgan fingerprint density at radius 3 is 0.556 bits per heavy atom. The second kappa shape index (κ2) is 5.61. The molecule has 0 aromatic rings. The molecular formula is C8H8Fe. The van der Waals surface area contributed by atoms with Crippen LogP contribution in [0.5, 0.6) is 0 Å². The number of hydrogen-bond acceptors (Lipinski definition) is 0. The largest absolute Gasteiger partial charge is 0.0623 e. The van der Waals surface area contributed by atoms with Gasteiger partial charge in [0.15, 0.2) is 0 Å². The van der Waals surface area contributed by atoms with E-state index in [0.717, 1.165) is 0 Å². The Balaban J connectivity index is 0.000000640. The van der Waals surface area contributed by atoms with Crippen LogP contribution in [0.4, 0.5) is 0 Å². The molecule has 0 spiro atoms.